The predicted molar refractivity (Wildman–Crippen MR) is 84.3 cm³/mol. The molecule has 0 bridgehead atoms. The van der Waals surface area contributed by atoms with Gasteiger partial charge >= 0.3 is 0 Å². The second-order valence-corrected chi connectivity index (χ2v) is 5.67. The van der Waals surface area contributed by atoms with Crippen LogP contribution in [0.1, 0.15) is 43.9 Å². The predicted octanol–water partition coefficient (Wildman–Crippen LogP) is 2.97. The zero-order valence-electron chi connectivity index (χ0n) is 12.9. The largest absolute Gasteiger partial charge is 0.370 e. The molecule has 0 unspecified atom stereocenters. The second-order valence-electron chi connectivity index (χ2n) is 5.67. The summed E-state index contributed by atoms with van der Waals surface area (Å²) >= 11 is 0. The molecule has 1 aliphatic carbocycles. The van der Waals surface area contributed by atoms with Crippen molar-refractivity contribution in [1.29, 1.82) is 0 Å². The average molecular weight is 285 g/mol. The van der Waals surface area contributed by atoms with E-state index in [1.54, 1.807) is 6.20 Å². The number of anilines is 1. The van der Waals surface area contributed by atoms with Gasteiger partial charge in [0.2, 0.25) is 0 Å². The van der Waals surface area contributed by atoms with Gasteiger partial charge in [0.05, 0.1) is 0 Å². The number of aryl methyl sites for hydroxylation is 2. The summed E-state index contributed by atoms with van der Waals surface area (Å²) in [5.74, 6) is 2.59. The van der Waals surface area contributed by atoms with E-state index in [1.807, 2.05) is 17.8 Å². The van der Waals surface area contributed by atoms with Crippen LogP contribution < -0.4 is 5.32 Å². The van der Waals surface area contributed by atoms with Crippen molar-refractivity contribution in [2.24, 2.45) is 7.05 Å². The molecule has 0 amide bonds. The van der Waals surface area contributed by atoms with Gasteiger partial charge in [0.1, 0.15) is 5.82 Å². The van der Waals surface area contributed by atoms with Crippen LogP contribution in [0.2, 0.25) is 0 Å². The van der Waals surface area contributed by atoms with Crippen LogP contribution in [0.5, 0.6) is 0 Å². The highest BCUT2D eigenvalue weighted by Gasteiger charge is 2.18. The highest BCUT2D eigenvalue weighted by molar-refractivity contribution is 5.55. The van der Waals surface area contributed by atoms with E-state index in [-0.39, 0.29) is 0 Å². The van der Waals surface area contributed by atoms with Crippen LogP contribution in [-0.4, -0.2) is 26.1 Å². The third kappa shape index (κ3) is 2.91. The molecule has 2 heterocycles. The number of hydrogen-bond acceptors (Lipinski definition) is 4. The molecule has 0 aliphatic heterocycles. The van der Waals surface area contributed by atoms with Gasteiger partial charge in [-0.25, -0.2) is 15.0 Å². The summed E-state index contributed by atoms with van der Waals surface area (Å²) in [4.78, 5) is 14.0. The van der Waals surface area contributed by atoms with Crippen LogP contribution in [0, 0.1) is 0 Å². The number of aromatic nitrogens is 4. The minimum absolute atomic E-state index is 0.738. The van der Waals surface area contributed by atoms with Gasteiger partial charge in [-0.1, -0.05) is 13.3 Å². The summed E-state index contributed by atoms with van der Waals surface area (Å²) in [5.41, 5.74) is 2.53. The van der Waals surface area contributed by atoms with Gasteiger partial charge in [0, 0.05) is 37.2 Å². The van der Waals surface area contributed by atoms with Gasteiger partial charge in [-0.05, 0) is 32.1 Å². The lowest BCUT2D eigenvalue weighted by Gasteiger charge is -2.14. The number of fused-ring (bicyclic) bond motifs is 1. The van der Waals surface area contributed by atoms with Crippen molar-refractivity contribution in [3.05, 3.63) is 23.7 Å². The molecular weight excluding hydrogens is 262 g/mol. The molecule has 2 aromatic heterocycles. The number of nitrogens with zero attached hydrogens (tertiary/aromatic N) is 4. The molecule has 21 heavy (non-hydrogen) atoms. The van der Waals surface area contributed by atoms with E-state index in [2.05, 4.69) is 17.2 Å². The Morgan fingerprint density at radius 3 is 2.81 bits per heavy atom. The van der Waals surface area contributed by atoms with E-state index in [4.69, 9.17) is 9.97 Å². The molecule has 3 rings (SSSR count). The third-order valence-electron chi connectivity index (χ3n) is 4.00. The fourth-order valence-electron chi connectivity index (χ4n) is 2.84. The fourth-order valence-corrected chi connectivity index (χ4v) is 2.84. The Bertz CT molecular complexity index is 617. The molecule has 112 valence electrons. The van der Waals surface area contributed by atoms with E-state index in [9.17, 15) is 0 Å². The van der Waals surface area contributed by atoms with Crippen LogP contribution in [0.3, 0.4) is 0 Å². The molecule has 0 aromatic carbocycles. The van der Waals surface area contributed by atoms with Gasteiger partial charge in [-0.2, -0.15) is 0 Å². The van der Waals surface area contributed by atoms with E-state index in [0.717, 1.165) is 43.3 Å². The maximum Gasteiger partial charge on any atom is 0.198 e. The average Bonchev–Trinajstić information content (AvgIpc) is 2.78. The normalized spacial score (nSPS) is 14.6. The highest BCUT2D eigenvalue weighted by atomic mass is 15.1. The summed E-state index contributed by atoms with van der Waals surface area (Å²) in [7, 11) is 1.98. The van der Waals surface area contributed by atoms with Crippen molar-refractivity contribution in [3.63, 3.8) is 0 Å². The topological polar surface area (TPSA) is 55.6 Å². The summed E-state index contributed by atoms with van der Waals surface area (Å²) in [5, 5.41) is 3.48. The second kappa shape index (κ2) is 6.24. The number of nitrogens with one attached hydrogen (secondary N) is 1. The van der Waals surface area contributed by atoms with E-state index < -0.39 is 0 Å². The number of rotatable bonds is 4. The molecule has 0 fully saturated rings. The first-order valence-corrected chi connectivity index (χ1v) is 7.91. The molecular formula is C16H23N5. The fraction of sp³-hybridized carbons (Fsp3) is 0.562. The Hall–Kier alpha value is -1.91. The first-order valence-electron chi connectivity index (χ1n) is 7.91. The minimum atomic E-state index is 0.738. The first kappa shape index (κ1) is 14.0. The van der Waals surface area contributed by atoms with Gasteiger partial charge in [-0.15, -0.1) is 0 Å². The Kier molecular flexibility index (Phi) is 4.18. The summed E-state index contributed by atoms with van der Waals surface area (Å²) < 4.78 is 1.97. The van der Waals surface area contributed by atoms with Gasteiger partial charge < -0.3 is 9.88 Å². The number of hydrogen-bond donors (Lipinski definition) is 1. The highest BCUT2D eigenvalue weighted by Crippen LogP contribution is 2.27. The molecule has 0 atom stereocenters. The van der Waals surface area contributed by atoms with Crippen molar-refractivity contribution in [2.45, 2.75) is 45.4 Å². The lowest BCUT2D eigenvalue weighted by Crippen LogP contribution is -2.11. The Balaban J connectivity index is 2.06. The number of imidazole rings is 1. The zero-order valence-corrected chi connectivity index (χ0v) is 12.9. The Morgan fingerprint density at radius 1 is 1.19 bits per heavy atom. The van der Waals surface area contributed by atoms with Crippen LogP contribution in [-0.2, 0) is 19.9 Å². The van der Waals surface area contributed by atoms with E-state index >= 15 is 0 Å². The van der Waals surface area contributed by atoms with Crippen molar-refractivity contribution >= 4 is 5.82 Å². The van der Waals surface area contributed by atoms with Crippen LogP contribution in [0.4, 0.5) is 5.82 Å². The zero-order chi connectivity index (χ0) is 14.7. The summed E-state index contributed by atoms with van der Waals surface area (Å²) in [6.45, 7) is 3.12. The Morgan fingerprint density at radius 2 is 2.05 bits per heavy atom. The van der Waals surface area contributed by atoms with Crippen molar-refractivity contribution < 1.29 is 0 Å². The van der Waals surface area contributed by atoms with Crippen molar-refractivity contribution in [1.82, 2.24) is 19.5 Å². The quantitative estimate of drug-likeness (QED) is 0.877. The van der Waals surface area contributed by atoms with Crippen molar-refractivity contribution in [3.8, 4) is 11.6 Å². The monoisotopic (exact) mass is 285 g/mol. The van der Waals surface area contributed by atoms with Gasteiger partial charge in [0.25, 0.3) is 0 Å². The van der Waals surface area contributed by atoms with E-state index in [0.29, 0.717) is 0 Å². The van der Waals surface area contributed by atoms with Crippen LogP contribution >= 0.6 is 0 Å². The molecule has 0 radical (unpaired) electrons. The van der Waals surface area contributed by atoms with Gasteiger partial charge in [0.15, 0.2) is 11.6 Å². The van der Waals surface area contributed by atoms with Crippen LogP contribution in [0.25, 0.3) is 11.6 Å². The Labute approximate surface area is 125 Å². The molecule has 5 nitrogen and oxygen atoms in total. The van der Waals surface area contributed by atoms with Crippen molar-refractivity contribution in [2.75, 3.05) is 11.9 Å². The SMILES string of the molecule is CCCNc1nc(-c2nccn2C)nc2c1CCCCC2. The molecule has 0 saturated carbocycles. The molecule has 0 spiro atoms. The molecule has 0 saturated heterocycles. The lowest BCUT2D eigenvalue weighted by atomic mass is 10.1. The minimum Gasteiger partial charge on any atom is -0.370 e. The maximum absolute atomic E-state index is 4.81. The summed E-state index contributed by atoms with van der Waals surface area (Å²) in [6.07, 6.45) is 10.7. The summed E-state index contributed by atoms with van der Waals surface area (Å²) in [6, 6.07) is 0. The standard InChI is InChI=1S/C16H23N5/c1-3-9-17-14-12-7-5-4-6-8-13(12)19-15(20-14)16-18-10-11-21(16)2/h10-11H,3-9H2,1-2H3,(H,17,19,20). The molecule has 5 heteroatoms. The van der Waals surface area contributed by atoms with E-state index in [1.165, 1.54) is 30.5 Å². The molecule has 1 aliphatic rings. The third-order valence-corrected chi connectivity index (χ3v) is 4.00. The lowest BCUT2D eigenvalue weighted by molar-refractivity contribution is 0.708. The van der Waals surface area contributed by atoms with Crippen LogP contribution in [0.15, 0.2) is 12.4 Å². The maximum atomic E-state index is 4.81. The molecule has 2 aromatic rings. The first-order chi connectivity index (χ1) is 10.3. The van der Waals surface area contributed by atoms with Gasteiger partial charge in [-0.3, -0.25) is 0 Å². The molecule has 1 N–H and O–H groups in total. The smallest absolute Gasteiger partial charge is 0.198 e.